The fourth-order valence-corrected chi connectivity index (χ4v) is 3.85. The maximum absolute atomic E-state index is 12.3. The smallest absolute Gasteiger partial charge is 0.230 e. The minimum atomic E-state index is -0.0876. The average molecular weight is 404 g/mol. The average Bonchev–Trinajstić information content (AvgIpc) is 3.11. The molecule has 0 saturated carbocycles. The molecule has 3 heterocycles. The van der Waals surface area contributed by atoms with Crippen LogP contribution >= 0.6 is 11.8 Å². The summed E-state index contributed by atoms with van der Waals surface area (Å²) in [6.07, 6.45) is 1.71. The van der Waals surface area contributed by atoms with Gasteiger partial charge in [0.2, 0.25) is 5.91 Å². The molecule has 0 aliphatic rings. The molecule has 29 heavy (non-hydrogen) atoms. The summed E-state index contributed by atoms with van der Waals surface area (Å²) in [6, 6.07) is 15.6. The van der Waals surface area contributed by atoms with Crippen LogP contribution in [0.15, 0.2) is 59.8 Å². The van der Waals surface area contributed by atoms with Gasteiger partial charge in [0.1, 0.15) is 10.5 Å². The molecule has 4 aromatic rings. The number of carbonyl (C=O) groups excluding carboxylic acids is 1. The predicted octanol–water partition coefficient (Wildman–Crippen LogP) is 3.24. The van der Waals surface area contributed by atoms with Crippen molar-refractivity contribution in [3.63, 3.8) is 0 Å². The van der Waals surface area contributed by atoms with Gasteiger partial charge in [-0.15, -0.1) is 5.10 Å². The molecule has 0 atom stereocenters. The van der Waals surface area contributed by atoms with Gasteiger partial charge in [-0.3, -0.25) is 9.78 Å². The first-order chi connectivity index (χ1) is 14.1. The molecule has 0 unspecified atom stereocenters. The Morgan fingerprint density at radius 2 is 1.86 bits per heavy atom. The van der Waals surface area contributed by atoms with Gasteiger partial charge in [0, 0.05) is 11.6 Å². The Morgan fingerprint density at radius 3 is 2.62 bits per heavy atom. The lowest BCUT2D eigenvalue weighted by molar-refractivity contribution is -0.118. The van der Waals surface area contributed by atoms with E-state index in [1.165, 1.54) is 11.8 Å². The topological polar surface area (TPSA) is 85.6 Å². The van der Waals surface area contributed by atoms with Crippen molar-refractivity contribution in [1.29, 1.82) is 0 Å². The molecule has 0 spiro atoms. The summed E-state index contributed by atoms with van der Waals surface area (Å²) in [5, 5.41) is 17.8. The summed E-state index contributed by atoms with van der Waals surface area (Å²) in [6.45, 7) is 4.34. The van der Waals surface area contributed by atoms with Gasteiger partial charge in [-0.05, 0) is 38.1 Å². The van der Waals surface area contributed by atoms with E-state index in [4.69, 9.17) is 5.10 Å². The molecule has 1 N–H and O–H groups in total. The molecule has 0 aliphatic carbocycles. The lowest BCUT2D eigenvalue weighted by Crippen LogP contribution is -2.25. The number of pyridine rings is 1. The number of fused-ring (bicyclic) bond motifs is 1. The maximum Gasteiger partial charge on any atom is 0.230 e. The number of aryl methyl sites for hydroxylation is 2. The number of para-hydroxylation sites is 1. The molecule has 3 aromatic heterocycles. The summed E-state index contributed by atoms with van der Waals surface area (Å²) < 4.78 is 1.90. The van der Waals surface area contributed by atoms with Crippen molar-refractivity contribution in [2.75, 3.05) is 5.75 Å². The molecule has 4 rings (SSSR count). The fraction of sp³-hybridized carbons (Fsp3) is 0.190. The summed E-state index contributed by atoms with van der Waals surface area (Å²) >= 11 is 1.34. The minimum Gasteiger partial charge on any atom is -0.350 e. The third-order valence-electron chi connectivity index (χ3n) is 4.51. The highest BCUT2D eigenvalue weighted by molar-refractivity contribution is 8.00. The molecule has 0 aliphatic heterocycles. The number of benzene rings is 1. The molecular formula is C21H20N6OS. The standard InChI is InChI=1S/C21H20N6OS/c1-14-19-15(2)27(17-9-4-3-5-10-17)26-20(19)21(25-24-14)29-13-18(28)23-12-16-8-6-7-11-22-16/h3-11H,12-13H2,1-2H3,(H,23,28). The Morgan fingerprint density at radius 1 is 1.07 bits per heavy atom. The third-order valence-corrected chi connectivity index (χ3v) is 5.46. The maximum atomic E-state index is 12.3. The SMILES string of the molecule is Cc1nnc(SCC(=O)NCc2ccccn2)c2nn(-c3ccccc3)c(C)c12. The number of aromatic nitrogens is 5. The van der Waals surface area contributed by atoms with Crippen LogP contribution in [0.1, 0.15) is 17.1 Å². The monoisotopic (exact) mass is 404 g/mol. The first kappa shape index (κ1) is 19.1. The highest BCUT2D eigenvalue weighted by atomic mass is 32.2. The van der Waals surface area contributed by atoms with Crippen molar-refractivity contribution in [3.8, 4) is 5.69 Å². The largest absolute Gasteiger partial charge is 0.350 e. The Balaban J connectivity index is 1.53. The first-order valence-corrected chi connectivity index (χ1v) is 10.2. The van der Waals surface area contributed by atoms with Crippen LogP contribution in [0.3, 0.4) is 0 Å². The molecule has 0 fully saturated rings. The number of nitrogens with zero attached hydrogens (tertiary/aromatic N) is 5. The van der Waals surface area contributed by atoms with Crippen LogP contribution in [-0.2, 0) is 11.3 Å². The van der Waals surface area contributed by atoms with E-state index in [1.54, 1.807) is 6.20 Å². The predicted molar refractivity (Wildman–Crippen MR) is 113 cm³/mol. The zero-order valence-electron chi connectivity index (χ0n) is 16.2. The van der Waals surface area contributed by atoms with Crippen molar-refractivity contribution < 1.29 is 4.79 Å². The zero-order chi connectivity index (χ0) is 20.2. The number of nitrogens with one attached hydrogen (secondary N) is 1. The van der Waals surface area contributed by atoms with Gasteiger partial charge in [-0.25, -0.2) is 4.68 Å². The second-order valence-corrected chi connectivity index (χ2v) is 7.50. The number of thioether (sulfide) groups is 1. The van der Waals surface area contributed by atoms with Gasteiger partial charge >= 0.3 is 0 Å². The molecule has 8 heteroatoms. The minimum absolute atomic E-state index is 0.0876. The molecule has 1 amide bonds. The van der Waals surface area contributed by atoms with Crippen LogP contribution in [0.4, 0.5) is 0 Å². The van der Waals surface area contributed by atoms with E-state index in [0.717, 1.165) is 33.7 Å². The number of carbonyl (C=O) groups is 1. The van der Waals surface area contributed by atoms with E-state index in [1.807, 2.05) is 67.1 Å². The summed E-state index contributed by atoms with van der Waals surface area (Å²) in [5.74, 6) is 0.145. The van der Waals surface area contributed by atoms with Gasteiger partial charge in [-0.2, -0.15) is 10.2 Å². The Bertz CT molecular complexity index is 1140. The van der Waals surface area contributed by atoms with E-state index in [9.17, 15) is 4.79 Å². The van der Waals surface area contributed by atoms with Gasteiger partial charge in [0.15, 0.2) is 0 Å². The molecular weight excluding hydrogens is 384 g/mol. The van der Waals surface area contributed by atoms with Crippen LogP contribution in [0.2, 0.25) is 0 Å². The van der Waals surface area contributed by atoms with Gasteiger partial charge in [-0.1, -0.05) is 36.0 Å². The fourth-order valence-electron chi connectivity index (χ4n) is 3.10. The highest BCUT2D eigenvalue weighted by Crippen LogP contribution is 2.29. The van der Waals surface area contributed by atoms with E-state index in [0.29, 0.717) is 11.6 Å². The molecule has 0 saturated heterocycles. The molecule has 0 bridgehead atoms. The molecule has 1 aromatic carbocycles. The Labute approximate surface area is 172 Å². The molecule has 146 valence electrons. The summed E-state index contributed by atoms with van der Waals surface area (Å²) in [4.78, 5) is 16.5. The van der Waals surface area contributed by atoms with Crippen LogP contribution in [0, 0.1) is 13.8 Å². The van der Waals surface area contributed by atoms with Crippen LogP contribution in [-0.4, -0.2) is 36.6 Å². The van der Waals surface area contributed by atoms with Crippen LogP contribution in [0.5, 0.6) is 0 Å². The van der Waals surface area contributed by atoms with E-state index in [-0.39, 0.29) is 11.7 Å². The van der Waals surface area contributed by atoms with Gasteiger partial charge in [0.25, 0.3) is 0 Å². The zero-order valence-corrected chi connectivity index (χ0v) is 17.0. The third kappa shape index (κ3) is 4.12. The lowest BCUT2D eigenvalue weighted by Gasteiger charge is -2.05. The summed E-state index contributed by atoms with van der Waals surface area (Å²) in [7, 11) is 0. The summed E-state index contributed by atoms with van der Waals surface area (Å²) in [5.41, 5.74) is 4.38. The molecule has 7 nitrogen and oxygen atoms in total. The van der Waals surface area contributed by atoms with Crippen molar-refractivity contribution in [1.82, 2.24) is 30.3 Å². The lowest BCUT2D eigenvalue weighted by atomic mass is 10.2. The second kappa shape index (κ2) is 8.40. The highest BCUT2D eigenvalue weighted by Gasteiger charge is 2.18. The van der Waals surface area contributed by atoms with E-state index < -0.39 is 0 Å². The van der Waals surface area contributed by atoms with E-state index >= 15 is 0 Å². The second-order valence-electron chi connectivity index (χ2n) is 6.53. The van der Waals surface area contributed by atoms with E-state index in [2.05, 4.69) is 20.5 Å². The Kier molecular flexibility index (Phi) is 5.53. The normalized spacial score (nSPS) is 11.0. The van der Waals surface area contributed by atoms with Crippen molar-refractivity contribution >= 4 is 28.6 Å². The van der Waals surface area contributed by atoms with Gasteiger partial charge in [0.05, 0.1) is 35.1 Å². The van der Waals surface area contributed by atoms with Crippen molar-refractivity contribution in [2.45, 2.75) is 25.4 Å². The van der Waals surface area contributed by atoms with Crippen LogP contribution in [0.25, 0.3) is 16.6 Å². The quantitative estimate of drug-likeness (QED) is 0.497. The first-order valence-electron chi connectivity index (χ1n) is 9.21. The number of hydrogen-bond donors (Lipinski definition) is 1. The van der Waals surface area contributed by atoms with Crippen LogP contribution < -0.4 is 5.32 Å². The van der Waals surface area contributed by atoms with Crippen molar-refractivity contribution in [2.24, 2.45) is 0 Å². The molecule has 0 radical (unpaired) electrons. The Hall–Kier alpha value is -3.26. The van der Waals surface area contributed by atoms with Gasteiger partial charge < -0.3 is 5.32 Å². The number of hydrogen-bond acceptors (Lipinski definition) is 6. The van der Waals surface area contributed by atoms with Crippen molar-refractivity contribution in [3.05, 3.63) is 71.8 Å². The number of amides is 1. The number of rotatable bonds is 6.